The van der Waals surface area contributed by atoms with Crippen LogP contribution < -0.4 is 5.73 Å². The van der Waals surface area contributed by atoms with Crippen molar-refractivity contribution in [3.8, 4) is 0 Å². The number of unbranched alkanes of at least 4 members (excludes halogenated alkanes) is 1. The lowest BCUT2D eigenvalue weighted by Crippen LogP contribution is -2.33. The molecular formula is C29H36Cl2FN3O. The van der Waals surface area contributed by atoms with E-state index >= 15 is 0 Å². The number of carbonyl (C=O) groups is 1. The highest BCUT2D eigenvalue weighted by Gasteiger charge is 2.31. The lowest BCUT2D eigenvalue weighted by molar-refractivity contribution is 0.0891. The Morgan fingerprint density at radius 1 is 0.944 bits per heavy atom. The van der Waals surface area contributed by atoms with E-state index in [0.29, 0.717) is 11.1 Å². The van der Waals surface area contributed by atoms with E-state index in [-0.39, 0.29) is 47.6 Å². The van der Waals surface area contributed by atoms with E-state index in [0.717, 1.165) is 43.8 Å². The van der Waals surface area contributed by atoms with Gasteiger partial charge in [0.1, 0.15) is 5.82 Å². The third kappa shape index (κ3) is 6.19. The number of anilines is 1. The van der Waals surface area contributed by atoms with E-state index in [1.54, 1.807) is 12.1 Å². The zero-order chi connectivity index (χ0) is 23.5. The molecule has 3 aromatic rings. The normalized spacial score (nSPS) is 18.4. The number of nitrogens with two attached hydrogens (primary N) is 1. The Kier molecular flexibility index (Phi) is 10.1. The largest absolute Gasteiger partial charge is 0.397 e. The number of fused-ring (bicyclic) bond motifs is 2. The standard InChI is InChI=1S/C29H34FN3O.2ClH/c30-23-11-6-12-24-26(23)28(31)27-25(32-24)14-13-22(29(27)34)10-5-4-7-20-15-17-33(18-16-20)19-21-8-2-1-3-9-21;;/h1-3,6,8-9,11-12,20,22H,4-5,7,10,13-19H2,(H2,31,32);2*1H. The van der Waals surface area contributed by atoms with Crippen molar-refractivity contribution in [2.75, 3.05) is 18.8 Å². The minimum atomic E-state index is -0.407. The number of aryl methyl sites for hydroxylation is 1. The van der Waals surface area contributed by atoms with E-state index in [2.05, 4.69) is 40.2 Å². The molecule has 2 aromatic carbocycles. The van der Waals surface area contributed by atoms with Crippen molar-refractivity contribution in [1.29, 1.82) is 0 Å². The first kappa shape index (κ1) is 28.4. The number of nitrogens with zero attached hydrogens (tertiary/aromatic N) is 2. The smallest absolute Gasteiger partial charge is 0.169 e. The SMILES string of the molecule is Cl.Cl.Nc1c2c(nc3cccc(F)c13)CCC(CCCCC1CCN(Cc3ccccc3)CC1)C2=O. The lowest BCUT2D eigenvalue weighted by atomic mass is 9.80. The molecule has 1 aliphatic heterocycles. The number of pyridine rings is 1. The highest BCUT2D eigenvalue weighted by molar-refractivity contribution is 6.10. The summed E-state index contributed by atoms with van der Waals surface area (Å²) < 4.78 is 14.4. The van der Waals surface area contributed by atoms with Crippen molar-refractivity contribution >= 4 is 47.2 Å². The highest BCUT2D eigenvalue weighted by atomic mass is 35.5. The lowest BCUT2D eigenvalue weighted by Gasteiger charge is -2.32. The second kappa shape index (κ2) is 12.8. The molecule has 5 rings (SSSR count). The van der Waals surface area contributed by atoms with Gasteiger partial charge in [-0.2, -0.15) is 0 Å². The van der Waals surface area contributed by atoms with Gasteiger partial charge in [-0.05, 0) is 68.8 Å². The third-order valence-corrected chi connectivity index (χ3v) is 7.79. The predicted octanol–water partition coefficient (Wildman–Crippen LogP) is 7.02. The van der Waals surface area contributed by atoms with Gasteiger partial charge < -0.3 is 5.73 Å². The summed E-state index contributed by atoms with van der Waals surface area (Å²) in [7, 11) is 0. The molecule has 1 fully saturated rings. The van der Waals surface area contributed by atoms with Crippen LogP contribution in [0.15, 0.2) is 48.5 Å². The molecule has 1 unspecified atom stereocenters. The van der Waals surface area contributed by atoms with E-state index in [1.165, 1.54) is 50.4 Å². The van der Waals surface area contributed by atoms with Crippen LogP contribution >= 0.6 is 24.8 Å². The van der Waals surface area contributed by atoms with Crippen molar-refractivity contribution in [2.24, 2.45) is 11.8 Å². The average molecular weight is 533 g/mol. The quantitative estimate of drug-likeness (QED) is 0.333. The second-order valence-electron chi connectivity index (χ2n) is 10.1. The van der Waals surface area contributed by atoms with Gasteiger partial charge >= 0.3 is 0 Å². The maximum Gasteiger partial charge on any atom is 0.169 e. The van der Waals surface area contributed by atoms with Gasteiger partial charge in [-0.15, -0.1) is 24.8 Å². The Bertz CT molecular complexity index is 1170. The van der Waals surface area contributed by atoms with E-state index in [4.69, 9.17) is 5.73 Å². The second-order valence-corrected chi connectivity index (χ2v) is 10.1. The van der Waals surface area contributed by atoms with Crippen LogP contribution in [0.1, 0.15) is 66.6 Å². The summed E-state index contributed by atoms with van der Waals surface area (Å²) in [5.74, 6) is 0.429. The number of aromatic nitrogens is 1. The summed E-state index contributed by atoms with van der Waals surface area (Å²) in [4.78, 5) is 20.4. The van der Waals surface area contributed by atoms with Gasteiger partial charge in [0.2, 0.25) is 0 Å². The molecular weight excluding hydrogens is 496 g/mol. The number of ketones is 1. The zero-order valence-corrected chi connectivity index (χ0v) is 22.3. The van der Waals surface area contributed by atoms with Gasteiger partial charge in [0.15, 0.2) is 5.78 Å². The number of rotatable bonds is 7. The first-order valence-electron chi connectivity index (χ1n) is 12.8. The molecule has 7 heteroatoms. The van der Waals surface area contributed by atoms with Gasteiger partial charge in [-0.25, -0.2) is 4.39 Å². The fourth-order valence-electron chi connectivity index (χ4n) is 5.83. The summed E-state index contributed by atoms with van der Waals surface area (Å²) in [5.41, 5.74) is 9.71. The molecule has 0 spiro atoms. The summed E-state index contributed by atoms with van der Waals surface area (Å²) in [6.07, 6.45) is 8.45. The fraction of sp³-hybridized carbons (Fsp3) is 0.448. The molecule has 0 radical (unpaired) electrons. The van der Waals surface area contributed by atoms with Gasteiger partial charge in [0.25, 0.3) is 0 Å². The number of Topliss-reactive ketones (excluding diaryl/α,β-unsaturated/α-hetero) is 1. The first-order chi connectivity index (χ1) is 16.6. The van der Waals surface area contributed by atoms with E-state index in [9.17, 15) is 9.18 Å². The molecule has 36 heavy (non-hydrogen) atoms. The van der Waals surface area contributed by atoms with Crippen LogP contribution in [0.3, 0.4) is 0 Å². The van der Waals surface area contributed by atoms with E-state index < -0.39 is 5.82 Å². The Labute approximate surface area is 225 Å². The molecule has 2 N–H and O–H groups in total. The van der Waals surface area contributed by atoms with Crippen molar-refractivity contribution in [1.82, 2.24) is 9.88 Å². The summed E-state index contributed by atoms with van der Waals surface area (Å²) in [6, 6.07) is 15.5. The number of piperidine rings is 1. The number of likely N-dealkylation sites (tertiary alicyclic amines) is 1. The Hall–Kier alpha value is -2.21. The molecule has 2 aliphatic rings. The molecule has 194 valence electrons. The zero-order valence-electron chi connectivity index (χ0n) is 20.6. The maximum absolute atomic E-state index is 14.4. The number of benzene rings is 2. The van der Waals surface area contributed by atoms with Crippen molar-refractivity contribution in [3.63, 3.8) is 0 Å². The first-order valence-corrected chi connectivity index (χ1v) is 12.8. The van der Waals surface area contributed by atoms with E-state index in [1.807, 2.05) is 0 Å². The van der Waals surface area contributed by atoms with Crippen LogP contribution in [0, 0.1) is 17.7 Å². The minimum absolute atomic E-state index is 0. The van der Waals surface area contributed by atoms with Gasteiger partial charge in [0.05, 0.1) is 27.8 Å². The monoisotopic (exact) mass is 531 g/mol. The summed E-state index contributed by atoms with van der Waals surface area (Å²) in [5, 5.41) is 0.286. The molecule has 0 amide bonds. The Balaban J connectivity index is 0.00000180. The van der Waals surface area contributed by atoms with Crippen molar-refractivity contribution in [3.05, 3.63) is 71.2 Å². The topological polar surface area (TPSA) is 59.2 Å². The van der Waals surface area contributed by atoms with Crippen LogP contribution in [0.5, 0.6) is 0 Å². The third-order valence-electron chi connectivity index (χ3n) is 7.79. The number of nitrogen functional groups attached to an aromatic ring is 1. The average Bonchev–Trinajstić information content (AvgIpc) is 2.84. The molecule has 2 heterocycles. The minimum Gasteiger partial charge on any atom is -0.397 e. The molecule has 1 saturated heterocycles. The summed E-state index contributed by atoms with van der Waals surface area (Å²) >= 11 is 0. The Morgan fingerprint density at radius 2 is 1.67 bits per heavy atom. The molecule has 0 saturated carbocycles. The summed E-state index contributed by atoms with van der Waals surface area (Å²) in [6.45, 7) is 3.40. The highest BCUT2D eigenvalue weighted by Crippen LogP contribution is 2.36. The molecule has 4 nitrogen and oxygen atoms in total. The van der Waals surface area contributed by atoms with Gasteiger partial charge in [0, 0.05) is 12.5 Å². The van der Waals surface area contributed by atoms with Crippen LogP contribution in [-0.4, -0.2) is 28.8 Å². The maximum atomic E-state index is 14.4. The van der Waals surface area contributed by atoms with Crippen LogP contribution in [0.4, 0.5) is 10.1 Å². The van der Waals surface area contributed by atoms with Crippen molar-refractivity contribution in [2.45, 2.75) is 57.9 Å². The molecule has 1 aromatic heterocycles. The van der Waals surface area contributed by atoms with Gasteiger partial charge in [-0.3, -0.25) is 14.7 Å². The number of carbonyl (C=O) groups excluding carboxylic acids is 1. The molecule has 1 aliphatic carbocycles. The van der Waals surface area contributed by atoms with Gasteiger partial charge in [-0.1, -0.05) is 55.7 Å². The molecule has 1 atom stereocenters. The van der Waals surface area contributed by atoms with Crippen molar-refractivity contribution < 1.29 is 9.18 Å². The number of halogens is 3. The van der Waals surface area contributed by atoms with Crippen LogP contribution in [-0.2, 0) is 13.0 Å². The van der Waals surface area contributed by atoms with Crippen LogP contribution in [0.2, 0.25) is 0 Å². The molecule has 0 bridgehead atoms. The fourth-order valence-corrected chi connectivity index (χ4v) is 5.83. The Morgan fingerprint density at radius 3 is 2.42 bits per heavy atom. The number of hydrogen-bond acceptors (Lipinski definition) is 4. The van der Waals surface area contributed by atoms with Crippen LogP contribution in [0.25, 0.3) is 10.9 Å². The predicted molar refractivity (Wildman–Crippen MR) is 150 cm³/mol. The number of hydrogen-bond donors (Lipinski definition) is 1.